The first-order valence-electron chi connectivity index (χ1n) is 10.2. The molecule has 0 aliphatic rings. The quantitative estimate of drug-likeness (QED) is 0.539. The van der Waals surface area contributed by atoms with Crippen molar-refractivity contribution < 1.29 is 4.79 Å². The van der Waals surface area contributed by atoms with Crippen LogP contribution >= 0.6 is 11.3 Å². The zero-order valence-corrected chi connectivity index (χ0v) is 18.6. The number of thiazole rings is 1. The van der Waals surface area contributed by atoms with Gasteiger partial charge in [-0.05, 0) is 19.3 Å². The van der Waals surface area contributed by atoms with E-state index in [2.05, 4.69) is 34.1 Å². The molecule has 0 aliphatic carbocycles. The van der Waals surface area contributed by atoms with Crippen molar-refractivity contribution in [1.82, 2.24) is 24.1 Å². The molecular formula is C20H28N6O3S. The van der Waals surface area contributed by atoms with E-state index in [-0.39, 0.29) is 18.2 Å². The SMILES string of the molecule is CCCCn1c(=O)[nH]c(=O)c2c1nc(CCC(=O)Nc1ncc(C)s1)n2CC(C)C. The number of nitrogens with zero attached hydrogens (tertiary/aromatic N) is 4. The zero-order chi connectivity index (χ0) is 21.8. The van der Waals surface area contributed by atoms with Crippen molar-refractivity contribution in [3.63, 3.8) is 0 Å². The minimum atomic E-state index is -0.446. The lowest BCUT2D eigenvalue weighted by Gasteiger charge is -2.11. The summed E-state index contributed by atoms with van der Waals surface area (Å²) in [6, 6.07) is 0. The number of amides is 1. The fraction of sp³-hybridized carbons (Fsp3) is 0.550. The highest BCUT2D eigenvalue weighted by Gasteiger charge is 2.20. The maximum atomic E-state index is 12.6. The number of H-pyrrole nitrogens is 1. The lowest BCUT2D eigenvalue weighted by molar-refractivity contribution is -0.116. The lowest BCUT2D eigenvalue weighted by Crippen LogP contribution is -2.31. The number of unbranched alkanes of at least 4 members (excludes halogenated alkanes) is 1. The number of carbonyl (C=O) groups excluding carboxylic acids is 1. The first-order chi connectivity index (χ1) is 14.3. The van der Waals surface area contributed by atoms with E-state index >= 15 is 0 Å². The molecule has 0 spiro atoms. The molecular weight excluding hydrogens is 404 g/mol. The van der Waals surface area contributed by atoms with Gasteiger partial charge in [-0.2, -0.15) is 0 Å². The van der Waals surface area contributed by atoms with Crippen LogP contribution in [0.2, 0.25) is 0 Å². The van der Waals surface area contributed by atoms with Gasteiger partial charge in [0.1, 0.15) is 5.82 Å². The topological polar surface area (TPSA) is 115 Å². The molecule has 1 amide bonds. The van der Waals surface area contributed by atoms with E-state index in [1.54, 1.807) is 6.20 Å². The summed E-state index contributed by atoms with van der Waals surface area (Å²) in [6.45, 7) is 9.14. The van der Waals surface area contributed by atoms with Crippen molar-refractivity contribution in [2.45, 2.75) is 66.5 Å². The van der Waals surface area contributed by atoms with Gasteiger partial charge in [-0.3, -0.25) is 19.1 Å². The van der Waals surface area contributed by atoms with Crippen LogP contribution in [0.5, 0.6) is 0 Å². The fourth-order valence-electron chi connectivity index (χ4n) is 3.31. The molecule has 0 atom stereocenters. The van der Waals surface area contributed by atoms with Crippen molar-refractivity contribution in [3.8, 4) is 0 Å². The predicted octanol–water partition coefficient (Wildman–Crippen LogP) is 2.68. The predicted molar refractivity (Wildman–Crippen MR) is 118 cm³/mol. The van der Waals surface area contributed by atoms with Gasteiger partial charge in [0.15, 0.2) is 16.3 Å². The Labute approximate surface area is 178 Å². The van der Waals surface area contributed by atoms with Crippen LogP contribution in [0, 0.1) is 12.8 Å². The molecule has 0 saturated carbocycles. The highest BCUT2D eigenvalue weighted by atomic mass is 32.1. The van der Waals surface area contributed by atoms with E-state index in [0.29, 0.717) is 41.6 Å². The summed E-state index contributed by atoms with van der Waals surface area (Å²) >= 11 is 1.42. The van der Waals surface area contributed by atoms with E-state index in [1.165, 1.54) is 15.9 Å². The number of aryl methyl sites for hydroxylation is 3. The maximum Gasteiger partial charge on any atom is 0.330 e. The maximum absolute atomic E-state index is 12.6. The molecule has 0 saturated heterocycles. The molecule has 30 heavy (non-hydrogen) atoms. The Morgan fingerprint density at radius 1 is 1.30 bits per heavy atom. The third-order valence-electron chi connectivity index (χ3n) is 4.69. The van der Waals surface area contributed by atoms with Crippen LogP contribution in [0.1, 0.15) is 50.7 Å². The Bertz CT molecular complexity index is 1150. The minimum Gasteiger partial charge on any atom is -0.322 e. The fourth-order valence-corrected chi connectivity index (χ4v) is 3.99. The monoisotopic (exact) mass is 432 g/mol. The molecule has 3 aromatic heterocycles. The number of anilines is 1. The van der Waals surface area contributed by atoms with Crippen LogP contribution in [0.4, 0.5) is 5.13 Å². The van der Waals surface area contributed by atoms with Crippen molar-refractivity contribution in [1.29, 1.82) is 0 Å². The number of fused-ring (bicyclic) bond motifs is 1. The number of hydrogen-bond acceptors (Lipinski definition) is 6. The molecule has 10 heteroatoms. The van der Waals surface area contributed by atoms with Gasteiger partial charge in [0.05, 0.1) is 0 Å². The largest absolute Gasteiger partial charge is 0.330 e. The van der Waals surface area contributed by atoms with Crippen LogP contribution in [-0.4, -0.2) is 30.0 Å². The Kier molecular flexibility index (Phi) is 6.86. The molecule has 3 heterocycles. The van der Waals surface area contributed by atoms with Gasteiger partial charge in [-0.25, -0.2) is 14.8 Å². The van der Waals surface area contributed by atoms with E-state index < -0.39 is 11.2 Å². The van der Waals surface area contributed by atoms with Gasteiger partial charge < -0.3 is 9.88 Å². The summed E-state index contributed by atoms with van der Waals surface area (Å²) in [4.78, 5) is 49.6. The number of nitrogens with one attached hydrogen (secondary N) is 2. The third kappa shape index (κ3) is 4.86. The lowest BCUT2D eigenvalue weighted by atomic mass is 10.2. The van der Waals surface area contributed by atoms with Crippen molar-refractivity contribution >= 4 is 33.5 Å². The van der Waals surface area contributed by atoms with Crippen molar-refractivity contribution in [2.75, 3.05) is 5.32 Å². The van der Waals surface area contributed by atoms with E-state index in [0.717, 1.165) is 17.7 Å². The number of hydrogen-bond donors (Lipinski definition) is 2. The van der Waals surface area contributed by atoms with E-state index in [4.69, 9.17) is 0 Å². The summed E-state index contributed by atoms with van der Waals surface area (Å²) < 4.78 is 3.38. The zero-order valence-electron chi connectivity index (χ0n) is 17.8. The van der Waals surface area contributed by atoms with Crippen LogP contribution < -0.4 is 16.6 Å². The average Bonchev–Trinajstić information content (AvgIpc) is 3.23. The summed E-state index contributed by atoms with van der Waals surface area (Å²) in [7, 11) is 0. The van der Waals surface area contributed by atoms with Gasteiger partial charge in [0, 0.05) is 37.0 Å². The molecule has 0 fully saturated rings. The molecule has 0 unspecified atom stereocenters. The number of aromatic nitrogens is 5. The smallest absolute Gasteiger partial charge is 0.322 e. The highest BCUT2D eigenvalue weighted by Crippen LogP contribution is 2.18. The van der Waals surface area contributed by atoms with Crippen LogP contribution in [0.3, 0.4) is 0 Å². The van der Waals surface area contributed by atoms with Crippen molar-refractivity contribution in [2.24, 2.45) is 5.92 Å². The summed E-state index contributed by atoms with van der Waals surface area (Å²) in [5.74, 6) is 0.735. The normalized spacial score (nSPS) is 11.5. The van der Waals surface area contributed by atoms with Gasteiger partial charge >= 0.3 is 5.69 Å². The first kappa shape index (κ1) is 21.9. The Hall–Kier alpha value is -2.75. The average molecular weight is 433 g/mol. The van der Waals surface area contributed by atoms with E-state index in [9.17, 15) is 14.4 Å². The molecule has 0 aromatic carbocycles. The third-order valence-corrected chi connectivity index (χ3v) is 5.52. The van der Waals surface area contributed by atoms with Crippen LogP contribution in [-0.2, 0) is 24.3 Å². The van der Waals surface area contributed by atoms with Gasteiger partial charge in [0.2, 0.25) is 5.91 Å². The molecule has 0 aliphatic heterocycles. The van der Waals surface area contributed by atoms with Crippen LogP contribution in [0.25, 0.3) is 11.2 Å². The minimum absolute atomic E-state index is 0.162. The molecule has 162 valence electrons. The van der Waals surface area contributed by atoms with E-state index in [1.807, 2.05) is 18.4 Å². The van der Waals surface area contributed by atoms with Gasteiger partial charge in [-0.1, -0.05) is 27.2 Å². The first-order valence-corrected chi connectivity index (χ1v) is 11.1. The second-order valence-electron chi connectivity index (χ2n) is 7.79. The number of aromatic amines is 1. The Morgan fingerprint density at radius 3 is 2.70 bits per heavy atom. The standard InChI is InChI=1S/C20H28N6O3S/c1-5-6-9-25-17-16(18(28)24-20(25)29)26(11-12(2)3)14(22-17)7-8-15(27)23-19-21-10-13(4)30-19/h10,12H,5-9,11H2,1-4H3,(H,21,23,27)(H,24,28,29). The Balaban J connectivity index is 1.94. The van der Waals surface area contributed by atoms with Gasteiger partial charge in [0.25, 0.3) is 5.56 Å². The number of imidazole rings is 1. The molecule has 9 nitrogen and oxygen atoms in total. The second kappa shape index (κ2) is 9.38. The second-order valence-corrected chi connectivity index (χ2v) is 9.03. The van der Waals surface area contributed by atoms with Gasteiger partial charge in [-0.15, -0.1) is 11.3 Å². The molecule has 2 N–H and O–H groups in total. The van der Waals surface area contributed by atoms with Crippen LogP contribution in [0.15, 0.2) is 15.8 Å². The molecule has 3 rings (SSSR count). The summed E-state index contributed by atoms with van der Waals surface area (Å²) in [6.07, 6.45) is 4.01. The number of rotatable bonds is 9. The highest BCUT2D eigenvalue weighted by molar-refractivity contribution is 7.15. The molecule has 0 radical (unpaired) electrons. The number of carbonyl (C=O) groups is 1. The molecule has 3 aromatic rings. The summed E-state index contributed by atoms with van der Waals surface area (Å²) in [5, 5.41) is 3.36. The Morgan fingerprint density at radius 2 is 2.07 bits per heavy atom. The molecule has 0 bridgehead atoms. The van der Waals surface area contributed by atoms with Crippen molar-refractivity contribution in [3.05, 3.63) is 37.7 Å². The summed E-state index contributed by atoms with van der Waals surface area (Å²) in [5.41, 5.74) is -0.0994.